The van der Waals surface area contributed by atoms with Crippen molar-refractivity contribution in [3.8, 4) is 0 Å². The van der Waals surface area contributed by atoms with Crippen LogP contribution in [0, 0.1) is 0 Å². The highest BCUT2D eigenvalue weighted by molar-refractivity contribution is 7.90. The van der Waals surface area contributed by atoms with Crippen LogP contribution in [-0.2, 0) is 22.7 Å². The summed E-state index contributed by atoms with van der Waals surface area (Å²) >= 11 is 5.47. The lowest BCUT2D eigenvalue weighted by atomic mass is 10.0. The lowest BCUT2D eigenvalue weighted by molar-refractivity contribution is 0.108. The molecule has 0 saturated heterocycles. The van der Waals surface area contributed by atoms with Gasteiger partial charge in [-0.25, -0.2) is 8.42 Å². The van der Waals surface area contributed by atoms with E-state index >= 15 is 0 Å². The van der Waals surface area contributed by atoms with E-state index < -0.39 is 15.1 Å². The van der Waals surface area contributed by atoms with Crippen LogP contribution in [0.2, 0.25) is 0 Å². The third-order valence-corrected chi connectivity index (χ3v) is 4.11. The summed E-state index contributed by atoms with van der Waals surface area (Å²) in [6.45, 7) is 3.69. The number of carbonyl (C=O) groups is 1. The van der Waals surface area contributed by atoms with Crippen molar-refractivity contribution >= 4 is 26.7 Å². The molecule has 0 bridgehead atoms. The van der Waals surface area contributed by atoms with Crippen molar-refractivity contribution in [3.05, 3.63) is 28.8 Å². The van der Waals surface area contributed by atoms with Gasteiger partial charge in [-0.05, 0) is 41.6 Å². The van der Waals surface area contributed by atoms with Gasteiger partial charge >= 0.3 is 0 Å². The summed E-state index contributed by atoms with van der Waals surface area (Å²) in [5.41, 5.74) is 1.53. The van der Waals surface area contributed by atoms with Crippen LogP contribution >= 0.6 is 11.6 Å². The maximum Gasteiger partial charge on any atom is 0.252 e. The average Bonchev–Trinajstić information content (AvgIpc) is 2.25. The Balaban J connectivity index is 3.73. The minimum absolute atomic E-state index is 0.258. The largest absolute Gasteiger partial charge is 0.276 e. The summed E-state index contributed by atoms with van der Waals surface area (Å²) in [6.07, 6.45) is 2.22. The highest BCUT2D eigenvalue weighted by Gasteiger charge is 2.21. The first-order valence-corrected chi connectivity index (χ1v) is 7.64. The van der Waals surface area contributed by atoms with Gasteiger partial charge in [-0.3, -0.25) is 4.79 Å². The van der Waals surface area contributed by atoms with E-state index in [0.717, 1.165) is 11.8 Å². The quantitative estimate of drug-likeness (QED) is 0.793. The average molecular weight is 275 g/mol. The molecular formula is C12H15ClO3S. The van der Waals surface area contributed by atoms with Crippen LogP contribution in [0.5, 0.6) is 0 Å². The first-order chi connectivity index (χ1) is 7.82. The third kappa shape index (κ3) is 2.87. The van der Waals surface area contributed by atoms with Crippen LogP contribution in [0.1, 0.15) is 35.3 Å². The number of sulfone groups is 1. The van der Waals surface area contributed by atoms with Gasteiger partial charge in [-0.1, -0.05) is 19.9 Å². The number of hydrogen-bond donors (Lipinski definition) is 0. The van der Waals surface area contributed by atoms with Crippen LogP contribution in [0.3, 0.4) is 0 Å². The fraction of sp³-hybridized carbons (Fsp3) is 0.417. The number of halogens is 1. The highest BCUT2D eigenvalue weighted by atomic mass is 35.5. The Morgan fingerprint density at radius 2 is 1.82 bits per heavy atom. The van der Waals surface area contributed by atoms with Gasteiger partial charge in [0.25, 0.3) is 5.24 Å². The molecule has 5 heteroatoms. The molecule has 3 nitrogen and oxygen atoms in total. The molecule has 0 amide bonds. The second-order valence-corrected chi connectivity index (χ2v) is 6.13. The molecule has 0 fully saturated rings. The summed E-state index contributed by atoms with van der Waals surface area (Å²) in [5, 5.41) is -0.616. The normalized spacial score (nSPS) is 11.5. The molecule has 0 aliphatic carbocycles. The molecule has 0 unspecified atom stereocenters. The van der Waals surface area contributed by atoms with Gasteiger partial charge in [-0.2, -0.15) is 0 Å². The molecule has 94 valence electrons. The van der Waals surface area contributed by atoms with E-state index in [2.05, 4.69) is 0 Å². The van der Waals surface area contributed by atoms with Gasteiger partial charge in [0, 0.05) is 11.8 Å². The smallest absolute Gasteiger partial charge is 0.252 e. The highest BCUT2D eigenvalue weighted by Crippen LogP contribution is 2.26. The first kappa shape index (κ1) is 14.2. The van der Waals surface area contributed by atoms with E-state index in [4.69, 9.17) is 11.6 Å². The number of rotatable bonds is 4. The molecule has 1 aromatic carbocycles. The molecule has 0 radical (unpaired) electrons. The molecule has 1 aromatic rings. The Bertz CT molecular complexity index is 547. The van der Waals surface area contributed by atoms with Crippen molar-refractivity contribution in [2.75, 3.05) is 6.26 Å². The molecule has 0 aromatic heterocycles. The van der Waals surface area contributed by atoms with Gasteiger partial charge in [0.2, 0.25) is 0 Å². The fourth-order valence-corrected chi connectivity index (χ4v) is 3.52. The van der Waals surface area contributed by atoms with Crippen LogP contribution in [0.25, 0.3) is 0 Å². The van der Waals surface area contributed by atoms with Gasteiger partial charge < -0.3 is 0 Å². The number of aryl methyl sites for hydroxylation is 1. The molecule has 0 saturated carbocycles. The van der Waals surface area contributed by atoms with E-state index in [1.807, 2.05) is 13.8 Å². The number of benzene rings is 1. The molecule has 0 spiro atoms. The lowest BCUT2D eigenvalue weighted by Gasteiger charge is -2.14. The lowest BCUT2D eigenvalue weighted by Crippen LogP contribution is -2.10. The van der Waals surface area contributed by atoms with E-state index in [1.54, 1.807) is 12.1 Å². The molecule has 0 aliphatic heterocycles. The van der Waals surface area contributed by atoms with E-state index in [0.29, 0.717) is 18.4 Å². The molecule has 0 aliphatic rings. The molecular weight excluding hydrogens is 260 g/mol. The molecule has 0 atom stereocenters. The van der Waals surface area contributed by atoms with Crippen molar-refractivity contribution in [2.45, 2.75) is 31.6 Å². The maximum absolute atomic E-state index is 11.8. The van der Waals surface area contributed by atoms with Crippen LogP contribution < -0.4 is 0 Å². The van der Waals surface area contributed by atoms with Gasteiger partial charge in [0.05, 0.1) is 4.90 Å². The topological polar surface area (TPSA) is 51.2 Å². The second kappa shape index (κ2) is 5.19. The van der Waals surface area contributed by atoms with Crippen molar-refractivity contribution in [1.82, 2.24) is 0 Å². The van der Waals surface area contributed by atoms with Crippen molar-refractivity contribution in [3.63, 3.8) is 0 Å². The van der Waals surface area contributed by atoms with E-state index in [1.165, 1.54) is 0 Å². The van der Waals surface area contributed by atoms with Gasteiger partial charge in [-0.15, -0.1) is 0 Å². The zero-order chi connectivity index (χ0) is 13.2. The zero-order valence-corrected chi connectivity index (χ0v) is 11.7. The summed E-state index contributed by atoms with van der Waals surface area (Å²) in [5.74, 6) is 0. The minimum atomic E-state index is -3.36. The van der Waals surface area contributed by atoms with E-state index in [-0.39, 0.29) is 10.5 Å². The zero-order valence-electron chi connectivity index (χ0n) is 10.1. The Morgan fingerprint density at radius 1 is 1.24 bits per heavy atom. The first-order valence-electron chi connectivity index (χ1n) is 5.37. The summed E-state index contributed by atoms with van der Waals surface area (Å²) in [6, 6.07) is 3.26. The second-order valence-electron chi connectivity index (χ2n) is 3.83. The predicted octanol–water partition coefficient (Wildman–Crippen LogP) is 2.59. The van der Waals surface area contributed by atoms with E-state index in [9.17, 15) is 13.2 Å². The summed E-state index contributed by atoms with van der Waals surface area (Å²) < 4.78 is 23.6. The van der Waals surface area contributed by atoms with Crippen LogP contribution in [0.15, 0.2) is 17.0 Å². The minimum Gasteiger partial charge on any atom is -0.276 e. The fourth-order valence-electron chi connectivity index (χ4n) is 1.95. The summed E-state index contributed by atoms with van der Waals surface area (Å²) in [4.78, 5) is 11.5. The molecule has 17 heavy (non-hydrogen) atoms. The predicted molar refractivity (Wildman–Crippen MR) is 68.5 cm³/mol. The Labute approximate surface area is 107 Å². The number of carbonyl (C=O) groups excluding carboxylic acids is 1. The maximum atomic E-state index is 11.8. The third-order valence-electron chi connectivity index (χ3n) is 2.66. The monoisotopic (exact) mass is 274 g/mol. The van der Waals surface area contributed by atoms with Gasteiger partial charge in [0.1, 0.15) is 0 Å². The Morgan fingerprint density at radius 3 is 2.18 bits per heavy atom. The Hall–Kier alpha value is -0.870. The van der Waals surface area contributed by atoms with Crippen molar-refractivity contribution in [1.29, 1.82) is 0 Å². The van der Waals surface area contributed by atoms with Crippen molar-refractivity contribution < 1.29 is 13.2 Å². The van der Waals surface area contributed by atoms with Gasteiger partial charge in [0.15, 0.2) is 9.84 Å². The number of hydrogen-bond acceptors (Lipinski definition) is 3. The Kier molecular flexibility index (Phi) is 4.33. The van der Waals surface area contributed by atoms with Crippen molar-refractivity contribution in [2.24, 2.45) is 0 Å². The van der Waals surface area contributed by atoms with Crippen LogP contribution in [0.4, 0.5) is 0 Å². The molecule has 0 heterocycles. The molecule has 0 N–H and O–H groups in total. The standard InChI is InChI=1S/C12H15ClO3S/c1-4-8-6-7-10(12(13)14)9(5-2)11(8)17(3,15)16/h6-7H,4-5H2,1-3H3. The molecule has 1 rings (SSSR count). The summed E-state index contributed by atoms with van der Waals surface area (Å²) in [7, 11) is -3.36. The SMILES string of the molecule is CCc1ccc(C(=O)Cl)c(CC)c1S(C)(=O)=O. The van der Waals surface area contributed by atoms with Crippen LogP contribution in [-0.4, -0.2) is 19.9 Å².